The van der Waals surface area contributed by atoms with Gasteiger partial charge >= 0.3 is 6.18 Å². The van der Waals surface area contributed by atoms with E-state index in [4.69, 9.17) is 16.3 Å². The number of aromatic nitrogens is 1. The summed E-state index contributed by atoms with van der Waals surface area (Å²) in [6.45, 7) is 5.27. The lowest BCUT2D eigenvalue weighted by molar-refractivity contribution is -0.137. The number of likely N-dealkylation sites (N-methyl/N-ethyl adjacent to an activating group) is 1. The van der Waals surface area contributed by atoms with Crippen molar-refractivity contribution in [3.63, 3.8) is 0 Å². The van der Waals surface area contributed by atoms with Gasteiger partial charge in [0.2, 0.25) is 11.7 Å². The molecule has 0 radical (unpaired) electrons. The summed E-state index contributed by atoms with van der Waals surface area (Å²) in [4.78, 5) is 29.6. The van der Waals surface area contributed by atoms with Gasteiger partial charge < -0.3 is 24.3 Å². The lowest BCUT2D eigenvalue weighted by Crippen LogP contribution is -2.26. The molecule has 4 heterocycles. The summed E-state index contributed by atoms with van der Waals surface area (Å²) in [6.07, 6.45) is 0.379. The highest BCUT2D eigenvalue weighted by molar-refractivity contribution is 6.19. The van der Waals surface area contributed by atoms with Gasteiger partial charge in [-0.05, 0) is 60.7 Å². The van der Waals surface area contributed by atoms with Crippen LogP contribution in [0.15, 0.2) is 67.0 Å². The molecule has 2 aliphatic rings. The number of hydrogen-bond donors (Lipinski definition) is 1. The van der Waals surface area contributed by atoms with Crippen LogP contribution in [-0.4, -0.2) is 55.8 Å². The number of anilines is 3. The van der Waals surface area contributed by atoms with Gasteiger partial charge in [0.05, 0.1) is 34.7 Å². The Kier molecular flexibility index (Phi) is 9.29. The van der Waals surface area contributed by atoms with Crippen LogP contribution in [0.5, 0.6) is 0 Å². The highest BCUT2D eigenvalue weighted by Crippen LogP contribution is 2.53. The Labute approximate surface area is 284 Å². The summed E-state index contributed by atoms with van der Waals surface area (Å²) in [7, 11) is 3.29. The first-order chi connectivity index (χ1) is 23.3. The molecule has 13 heteroatoms. The van der Waals surface area contributed by atoms with Gasteiger partial charge in [0.25, 0.3) is 0 Å². The second kappa shape index (κ2) is 13.3. The molecule has 2 aromatic heterocycles. The molecule has 0 aliphatic carbocycles. The highest BCUT2D eigenvalue weighted by atomic mass is 35.5. The number of hydrogen-bond acceptors (Lipinski definition) is 5. The summed E-state index contributed by atoms with van der Waals surface area (Å²) < 4.78 is 82.0. The van der Waals surface area contributed by atoms with E-state index in [2.05, 4.69) is 11.9 Å². The largest absolute Gasteiger partial charge is 0.417 e. The molecule has 1 fully saturated rings. The molecule has 6 rings (SSSR count). The standard InChI is InChI=1S/C36H32ClF5N4O3/c1-20-19-46(20)33-21(7-6-14-49-3)15-25(36(40,41)42)30-24-8-5-12-45-28(18-22(32(24)45)10-13-44(2)34(30)33)35(48)23-16-26(38)31(27(39)17-23)43-29(47)9-4-11-37/h4-5,8-9,12,15-18H,1,6-7,10-11,13-14,19H2,2-3H3,(H,43,47)/b9-4+. The van der Waals surface area contributed by atoms with Crippen molar-refractivity contribution in [1.82, 2.24) is 4.40 Å². The van der Waals surface area contributed by atoms with E-state index in [1.165, 1.54) is 16.5 Å². The molecule has 2 aromatic carbocycles. The summed E-state index contributed by atoms with van der Waals surface area (Å²) in [5, 5.41) is 2.10. The molecule has 1 saturated heterocycles. The maximum Gasteiger partial charge on any atom is 0.417 e. The van der Waals surface area contributed by atoms with E-state index in [-0.39, 0.29) is 28.3 Å². The van der Waals surface area contributed by atoms with Crippen molar-refractivity contribution in [2.45, 2.75) is 25.4 Å². The maximum absolute atomic E-state index is 15.1. The molecule has 1 N–H and O–H groups in total. The minimum Gasteiger partial charge on any atom is -0.385 e. The van der Waals surface area contributed by atoms with Crippen LogP contribution in [0.3, 0.4) is 0 Å². The number of alkyl halides is 4. The number of aryl methyl sites for hydroxylation is 1. The molecule has 7 nitrogen and oxygen atoms in total. The van der Waals surface area contributed by atoms with Crippen molar-refractivity contribution in [1.29, 1.82) is 0 Å². The van der Waals surface area contributed by atoms with Gasteiger partial charge in [-0.3, -0.25) is 9.59 Å². The molecular formula is C36H32ClF5N4O3. The molecule has 2 aliphatic heterocycles. The van der Waals surface area contributed by atoms with Gasteiger partial charge in [0.1, 0.15) is 17.3 Å². The van der Waals surface area contributed by atoms with E-state index < -0.39 is 40.8 Å². The predicted octanol–water partition coefficient (Wildman–Crippen LogP) is 7.77. The zero-order valence-electron chi connectivity index (χ0n) is 26.7. The highest BCUT2D eigenvalue weighted by Gasteiger charge is 2.41. The SMILES string of the molecule is C=C1CN1c1c(CCCOC)cc(C(F)(F)F)c2c1N(C)CCc1cc(C(=O)c3cc(F)c(NC(=O)/C=C/CCl)c(F)c3)n3cccc-2c13. The summed E-state index contributed by atoms with van der Waals surface area (Å²) >= 11 is 5.51. The number of fused-ring (bicyclic) bond motifs is 2. The minimum absolute atomic E-state index is 0.0165. The van der Waals surface area contributed by atoms with E-state index >= 15 is 22.0 Å². The predicted molar refractivity (Wildman–Crippen MR) is 180 cm³/mol. The van der Waals surface area contributed by atoms with E-state index in [1.807, 2.05) is 9.80 Å². The number of halogens is 6. The fourth-order valence-electron chi connectivity index (χ4n) is 6.46. The number of amides is 1. The number of carbonyl (C=O) groups is 2. The van der Waals surface area contributed by atoms with Crippen LogP contribution in [0.1, 0.15) is 39.2 Å². The van der Waals surface area contributed by atoms with Crippen molar-refractivity contribution < 1.29 is 36.3 Å². The first-order valence-electron chi connectivity index (χ1n) is 15.5. The number of carbonyl (C=O) groups excluding carboxylic acids is 2. The van der Waals surface area contributed by atoms with Gasteiger partial charge in [0.15, 0.2) is 0 Å². The summed E-state index contributed by atoms with van der Waals surface area (Å²) in [5.74, 6) is -3.90. The number of ether oxygens (including phenoxy) is 1. The van der Waals surface area contributed by atoms with E-state index in [0.717, 1.165) is 23.9 Å². The van der Waals surface area contributed by atoms with Gasteiger partial charge in [-0.25, -0.2) is 8.78 Å². The quantitative estimate of drug-likeness (QED) is 0.0458. The Morgan fingerprint density at radius 1 is 1.12 bits per heavy atom. The minimum atomic E-state index is -4.72. The second-order valence-electron chi connectivity index (χ2n) is 12.0. The molecule has 0 bridgehead atoms. The number of nitrogens with zero attached hydrogens (tertiary/aromatic N) is 3. The number of ketones is 1. The molecular weight excluding hydrogens is 667 g/mol. The van der Waals surface area contributed by atoms with Crippen LogP contribution in [0.25, 0.3) is 16.6 Å². The molecule has 0 atom stereocenters. The van der Waals surface area contributed by atoms with Crippen LogP contribution in [-0.2, 0) is 28.5 Å². The smallest absolute Gasteiger partial charge is 0.385 e. The number of pyridine rings is 1. The summed E-state index contributed by atoms with van der Waals surface area (Å²) in [6, 6.07) is 7.54. The second-order valence-corrected chi connectivity index (χ2v) is 12.3. The number of methoxy groups -OCH3 is 1. The Morgan fingerprint density at radius 2 is 1.84 bits per heavy atom. The Bertz CT molecular complexity index is 2010. The van der Waals surface area contributed by atoms with Crippen LogP contribution >= 0.6 is 11.6 Å². The van der Waals surface area contributed by atoms with Crippen molar-refractivity contribution in [3.8, 4) is 11.1 Å². The van der Waals surface area contributed by atoms with Crippen LogP contribution in [0.4, 0.5) is 39.0 Å². The first kappa shape index (κ1) is 34.2. The number of rotatable bonds is 10. The van der Waals surface area contributed by atoms with Gasteiger partial charge in [-0.1, -0.05) is 18.7 Å². The number of allylic oxidation sites excluding steroid dienone is 1. The van der Waals surface area contributed by atoms with E-state index in [9.17, 15) is 9.59 Å². The lowest BCUT2D eigenvalue weighted by Gasteiger charge is -2.32. The monoisotopic (exact) mass is 698 g/mol. The Morgan fingerprint density at radius 3 is 2.47 bits per heavy atom. The Balaban J connectivity index is 1.53. The molecule has 0 saturated carbocycles. The molecule has 4 aromatic rings. The van der Waals surface area contributed by atoms with Crippen LogP contribution in [0.2, 0.25) is 0 Å². The zero-order chi connectivity index (χ0) is 35.2. The summed E-state index contributed by atoms with van der Waals surface area (Å²) in [5.41, 5.74) is 1.76. The fourth-order valence-corrected chi connectivity index (χ4v) is 6.55. The van der Waals surface area contributed by atoms with Crippen molar-refractivity contribution in [2.75, 3.05) is 54.9 Å². The third kappa shape index (κ3) is 6.42. The molecule has 0 unspecified atom stereocenters. The van der Waals surface area contributed by atoms with E-state index in [0.29, 0.717) is 67.0 Å². The van der Waals surface area contributed by atoms with Crippen LogP contribution < -0.4 is 15.1 Å². The van der Waals surface area contributed by atoms with Crippen LogP contribution in [0, 0.1) is 11.6 Å². The van der Waals surface area contributed by atoms with Gasteiger partial charge in [-0.15, -0.1) is 11.6 Å². The number of benzene rings is 2. The topological polar surface area (TPSA) is 66.1 Å². The molecule has 256 valence electrons. The van der Waals surface area contributed by atoms with Crippen molar-refractivity contribution in [2.24, 2.45) is 0 Å². The average molecular weight is 699 g/mol. The van der Waals surface area contributed by atoms with Crippen molar-refractivity contribution >= 4 is 45.9 Å². The average Bonchev–Trinajstić information content (AvgIpc) is 3.66. The van der Waals surface area contributed by atoms with Gasteiger partial charge in [-0.2, -0.15) is 13.2 Å². The van der Waals surface area contributed by atoms with E-state index in [1.54, 1.807) is 38.6 Å². The fraction of sp³-hybridized carbons (Fsp3) is 0.278. The molecule has 0 spiro atoms. The third-order valence-electron chi connectivity index (χ3n) is 8.72. The third-order valence-corrected chi connectivity index (χ3v) is 8.90. The van der Waals surface area contributed by atoms with Crippen molar-refractivity contribution in [3.05, 3.63) is 107 Å². The molecule has 1 amide bonds. The number of nitrogens with one attached hydrogen (secondary N) is 1. The normalized spacial score (nSPS) is 14.3. The van der Waals surface area contributed by atoms with Gasteiger partial charge in [0, 0.05) is 67.8 Å². The first-order valence-corrected chi connectivity index (χ1v) is 16.0. The Hall–Kier alpha value is -4.68. The zero-order valence-corrected chi connectivity index (χ0v) is 27.4. The lowest BCUT2D eigenvalue weighted by atomic mass is 9.89. The maximum atomic E-state index is 15.1. The molecule has 49 heavy (non-hydrogen) atoms.